The van der Waals surface area contributed by atoms with Gasteiger partial charge in [0.25, 0.3) is 5.91 Å². The molecule has 3 heterocycles. The highest BCUT2D eigenvalue weighted by Crippen LogP contribution is 2.26. The number of fused-ring (bicyclic) bond motifs is 1. The summed E-state index contributed by atoms with van der Waals surface area (Å²) in [6.45, 7) is 4.49. The third-order valence-corrected chi connectivity index (χ3v) is 5.21. The minimum Gasteiger partial charge on any atom is -0.468 e. The molecule has 0 bridgehead atoms. The van der Waals surface area contributed by atoms with Crippen LogP contribution in [0, 0.1) is 6.92 Å². The summed E-state index contributed by atoms with van der Waals surface area (Å²) in [4.78, 5) is 15.1. The largest absolute Gasteiger partial charge is 0.468 e. The molecule has 0 saturated carbocycles. The van der Waals surface area contributed by atoms with Crippen molar-refractivity contribution >= 4 is 16.9 Å². The van der Waals surface area contributed by atoms with Gasteiger partial charge in [-0.3, -0.25) is 9.69 Å². The third kappa shape index (κ3) is 3.27. The molecule has 5 nitrogen and oxygen atoms in total. The van der Waals surface area contributed by atoms with Crippen LogP contribution < -0.4 is 5.32 Å². The monoisotopic (exact) mass is 352 g/mol. The lowest BCUT2D eigenvalue weighted by molar-refractivity contribution is 0.0888. The number of aryl methyl sites for hydroxylation is 1. The van der Waals surface area contributed by atoms with E-state index in [1.165, 1.54) is 19.3 Å². The Morgan fingerprint density at radius 3 is 2.69 bits per heavy atom. The van der Waals surface area contributed by atoms with E-state index in [4.69, 9.17) is 8.83 Å². The van der Waals surface area contributed by atoms with E-state index in [2.05, 4.69) is 10.2 Å². The van der Waals surface area contributed by atoms with E-state index in [1.807, 2.05) is 43.3 Å². The first-order valence-corrected chi connectivity index (χ1v) is 9.28. The zero-order chi connectivity index (χ0) is 17.9. The van der Waals surface area contributed by atoms with Crippen molar-refractivity contribution in [1.82, 2.24) is 10.2 Å². The van der Waals surface area contributed by atoms with Gasteiger partial charge in [-0.15, -0.1) is 0 Å². The number of hydrogen-bond donors (Lipinski definition) is 1. The minimum atomic E-state index is -0.174. The zero-order valence-corrected chi connectivity index (χ0v) is 15.0. The molecule has 1 aliphatic heterocycles. The van der Waals surface area contributed by atoms with Crippen LogP contribution in [0.15, 0.2) is 51.5 Å². The number of likely N-dealkylation sites (tertiary alicyclic amines) is 1. The standard InChI is InChI=1S/C21H24N2O3/c1-15-16-8-3-4-9-18(16)26-20(15)21(24)22-14-17(19-10-7-13-25-19)23-11-5-2-6-12-23/h3-4,7-10,13,17H,2,5-6,11-12,14H2,1H3,(H,22,24)/t17-/m1/s1. The van der Waals surface area contributed by atoms with Crippen molar-refractivity contribution in [2.75, 3.05) is 19.6 Å². The molecular weight excluding hydrogens is 328 g/mol. The molecule has 0 unspecified atom stereocenters. The molecule has 1 fully saturated rings. The second-order valence-corrected chi connectivity index (χ2v) is 6.89. The van der Waals surface area contributed by atoms with Crippen molar-refractivity contribution in [3.63, 3.8) is 0 Å². The molecule has 1 saturated heterocycles. The second kappa shape index (κ2) is 7.38. The molecule has 5 heteroatoms. The second-order valence-electron chi connectivity index (χ2n) is 6.89. The maximum Gasteiger partial charge on any atom is 0.287 e. The summed E-state index contributed by atoms with van der Waals surface area (Å²) in [7, 11) is 0. The number of nitrogens with zero attached hydrogens (tertiary/aromatic N) is 1. The Morgan fingerprint density at radius 1 is 1.15 bits per heavy atom. The van der Waals surface area contributed by atoms with Crippen LogP contribution >= 0.6 is 0 Å². The highest BCUT2D eigenvalue weighted by atomic mass is 16.3. The number of amides is 1. The fourth-order valence-corrected chi connectivity index (χ4v) is 3.78. The average molecular weight is 352 g/mol. The summed E-state index contributed by atoms with van der Waals surface area (Å²) in [6, 6.07) is 11.7. The normalized spacial score (nSPS) is 16.7. The first-order chi connectivity index (χ1) is 12.7. The number of benzene rings is 1. The first kappa shape index (κ1) is 16.9. The lowest BCUT2D eigenvalue weighted by atomic mass is 10.1. The molecule has 1 aromatic carbocycles. The zero-order valence-electron chi connectivity index (χ0n) is 15.0. The molecular formula is C21H24N2O3. The quantitative estimate of drug-likeness (QED) is 0.744. The van der Waals surface area contributed by atoms with Gasteiger partial charge in [0.15, 0.2) is 5.76 Å². The lowest BCUT2D eigenvalue weighted by Gasteiger charge is -2.33. The first-order valence-electron chi connectivity index (χ1n) is 9.28. The van der Waals surface area contributed by atoms with Crippen LogP contribution in [0.2, 0.25) is 0 Å². The van der Waals surface area contributed by atoms with Gasteiger partial charge in [-0.25, -0.2) is 0 Å². The van der Waals surface area contributed by atoms with Gasteiger partial charge in [0.2, 0.25) is 0 Å². The predicted octanol–water partition coefficient (Wildman–Crippen LogP) is 4.29. The molecule has 136 valence electrons. The molecule has 0 aliphatic carbocycles. The number of piperidine rings is 1. The van der Waals surface area contributed by atoms with Crippen molar-refractivity contribution in [2.24, 2.45) is 0 Å². The Hall–Kier alpha value is -2.53. The maximum atomic E-state index is 12.7. The number of para-hydroxylation sites is 1. The van der Waals surface area contributed by atoms with Crippen LogP contribution in [0.25, 0.3) is 11.0 Å². The Kier molecular flexibility index (Phi) is 4.80. The smallest absolute Gasteiger partial charge is 0.287 e. The topological polar surface area (TPSA) is 58.6 Å². The van der Waals surface area contributed by atoms with E-state index < -0.39 is 0 Å². The molecule has 0 radical (unpaired) electrons. The lowest BCUT2D eigenvalue weighted by Crippen LogP contribution is -2.40. The van der Waals surface area contributed by atoms with E-state index in [-0.39, 0.29) is 11.9 Å². The van der Waals surface area contributed by atoms with Crippen LogP contribution in [0.5, 0.6) is 0 Å². The number of rotatable bonds is 5. The fraction of sp³-hybridized carbons (Fsp3) is 0.381. The molecule has 1 amide bonds. The fourth-order valence-electron chi connectivity index (χ4n) is 3.78. The number of furan rings is 2. The molecule has 0 spiro atoms. The van der Waals surface area contributed by atoms with Gasteiger partial charge < -0.3 is 14.2 Å². The van der Waals surface area contributed by atoms with Crippen LogP contribution in [-0.2, 0) is 0 Å². The van der Waals surface area contributed by atoms with Crippen LogP contribution in [-0.4, -0.2) is 30.4 Å². The number of hydrogen-bond acceptors (Lipinski definition) is 4. The Bertz CT molecular complexity index is 876. The summed E-state index contributed by atoms with van der Waals surface area (Å²) in [5.41, 5.74) is 1.62. The van der Waals surface area contributed by atoms with Gasteiger partial charge in [0.1, 0.15) is 11.3 Å². The molecule has 4 rings (SSSR count). The van der Waals surface area contributed by atoms with Crippen LogP contribution in [0.4, 0.5) is 0 Å². The summed E-state index contributed by atoms with van der Waals surface area (Å²) in [5, 5.41) is 4.03. The van der Waals surface area contributed by atoms with Gasteiger partial charge in [-0.2, -0.15) is 0 Å². The number of nitrogens with one attached hydrogen (secondary N) is 1. The van der Waals surface area contributed by atoms with Gasteiger partial charge in [0, 0.05) is 17.5 Å². The summed E-state index contributed by atoms with van der Waals surface area (Å²) in [6.07, 6.45) is 5.34. The maximum absolute atomic E-state index is 12.7. The molecule has 26 heavy (non-hydrogen) atoms. The molecule has 1 atom stereocenters. The van der Waals surface area contributed by atoms with Gasteiger partial charge in [0.05, 0.1) is 12.3 Å². The third-order valence-electron chi connectivity index (χ3n) is 5.21. The SMILES string of the molecule is Cc1c(C(=O)NC[C@H](c2ccco2)N2CCCCC2)oc2ccccc12. The van der Waals surface area contributed by atoms with Crippen LogP contribution in [0.3, 0.4) is 0 Å². The van der Waals surface area contributed by atoms with Crippen molar-refractivity contribution in [1.29, 1.82) is 0 Å². The van der Waals surface area contributed by atoms with E-state index in [9.17, 15) is 4.79 Å². The van der Waals surface area contributed by atoms with Gasteiger partial charge in [-0.1, -0.05) is 24.6 Å². The average Bonchev–Trinajstić information content (AvgIpc) is 3.32. The van der Waals surface area contributed by atoms with Crippen molar-refractivity contribution in [3.05, 3.63) is 59.7 Å². The predicted molar refractivity (Wildman–Crippen MR) is 100 cm³/mol. The van der Waals surface area contributed by atoms with E-state index in [1.54, 1.807) is 6.26 Å². The van der Waals surface area contributed by atoms with Crippen molar-refractivity contribution in [3.8, 4) is 0 Å². The molecule has 1 N–H and O–H groups in total. The van der Waals surface area contributed by atoms with Crippen molar-refractivity contribution < 1.29 is 13.6 Å². The Balaban J connectivity index is 1.51. The van der Waals surface area contributed by atoms with Gasteiger partial charge >= 0.3 is 0 Å². The molecule has 2 aromatic heterocycles. The van der Waals surface area contributed by atoms with E-state index >= 15 is 0 Å². The summed E-state index contributed by atoms with van der Waals surface area (Å²) >= 11 is 0. The van der Waals surface area contributed by atoms with Crippen molar-refractivity contribution in [2.45, 2.75) is 32.2 Å². The highest BCUT2D eigenvalue weighted by molar-refractivity contribution is 5.98. The molecule has 1 aliphatic rings. The van der Waals surface area contributed by atoms with Crippen LogP contribution in [0.1, 0.15) is 47.2 Å². The number of carbonyl (C=O) groups excluding carboxylic acids is 1. The minimum absolute atomic E-state index is 0.0546. The summed E-state index contributed by atoms with van der Waals surface area (Å²) < 4.78 is 11.4. The Labute approximate surface area is 153 Å². The summed E-state index contributed by atoms with van der Waals surface area (Å²) in [5.74, 6) is 1.11. The Morgan fingerprint density at radius 2 is 1.96 bits per heavy atom. The van der Waals surface area contributed by atoms with E-state index in [0.717, 1.165) is 35.4 Å². The molecule has 3 aromatic rings. The number of carbonyl (C=O) groups is 1. The van der Waals surface area contributed by atoms with Gasteiger partial charge in [-0.05, 0) is 51.1 Å². The highest BCUT2D eigenvalue weighted by Gasteiger charge is 2.26. The van der Waals surface area contributed by atoms with E-state index in [0.29, 0.717) is 12.3 Å².